The van der Waals surface area contributed by atoms with Crippen molar-refractivity contribution in [3.05, 3.63) is 64.2 Å². The molecule has 0 aliphatic heterocycles. The molecule has 2 atom stereocenters. The topological polar surface area (TPSA) is 63.1 Å². The zero-order valence-electron chi connectivity index (χ0n) is 17.4. The van der Waals surface area contributed by atoms with E-state index in [1.54, 1.807) is 19.1 Å². The molecule has 3 rings (SSSR count). The fourth-order valence-electron chi connectivity index (χ4n) is 2.73. The SMILES string of the molecule is CC(Sc1nnc(C(C)N(C)C)n1-c1ccc(Cl)cc1)C(=O)Nc1ccc(F)cc1Cl. The van der Waals surface area contributed by atoms with Gasteiger partial charge in [-0.25, -0.2) is 4.39 Å². The van der Waals surface area contributed by atoms with E-state index in [4.69, 9.17) is 23.2 Å². The van der Waals surface area contributed by atoms with Gasteiger partial charge in [-0.05, 0) is 70.4 Å². The molecule has 0 fully saturated rings. The van der Waals surface area contributed by atoms with E-state index in [0.717, 1.165) is 17.6 Å². The number of anilines is 1. The highest BCUT2D eigenvalue weighted by molar-refractivity contribution is 8.00. The molecule has 10 heteroatoms. The smallest absolute Gasteiger partial charge is 0.237 e. The Hall–Kier alpha value is -2.13. The number of halogens is 3. The van der Waals surface area contributed by atoms with Gasteiger partial charge in [0.05, 0.1) is 22.0 Å². The number of carbonyl (C=O) groups is 1. The van der Waals surface area contributed by atoms with E-state index in [1.807, 2.05) is 42.6 Å². The van der Waals surface area contributed by atoms with Gasteiger partial charge in [-0.2, -0.15) is 0 Å². The first-order chi connectivity index (χ1) is 14.7. The van der Waals surface area contributed by atoms with E-state index >= 15 is 0 Å². The first kappa shape index (κ1) is 23.5. The number of hydrogen-bond acceptors (Lipinski definition) is 5. The molecule has 0 saturated heterocycles. The monoisotopic (exact) mass is 481 g/mol. The van der Waals surface area contributed by atoms with E-state index in [9.17, 15) is 9.18 Å². The van der Waals surface area contributed by atoms with E-state index in [1.165, 1.54) is 23.9 Å². The molecule has 6 nitrogen and oxygen atoms in total. The van der Waals surface area contributed by atoms with Gasteiger partial charge in [0.15, 0.2) is 11.0 Å². The Kier molecular flexibility index (Phi) is 7.59. The highest BCUT2D eigenvalue weighted by Gasteiger charge is 2.24. The van der Waals surface area contributed by atoms with Crippen LogP contribution in [0.15, 0.2) is 47.6 Å². The largest absolute Gasteiger partial charge is 0.324 e. The second kappa shape index (κ2) is 9.99. The minimum Gasteiger partial charge on any atom is -0.324 e. The van der Waals surface area contributed by atoms with Crippen molar-refractivity contribution in [1.29, 1.82) is 0 Å². The summed E-state index contributed by atoms with van der Waals surface area (Å²) in [7, 11) is 3.92. The van der Waals surface area contributed by atoms with Gasteiger partial charge >= 0.3 is 0 Å². The molecule has 1 heterocycles. The summed E-state index contributed by atoms with van der Waals surface area (Å²) in [6.45, 7) is 3.78. The molecular formula is C21H22Cl2FN5OS. The molecule has 2 unspecified atom stereocenters. The lowest BCUT2D eigenvalue weighted by Gasteiger charge is -2.21. The predicted molar refractivity (Wildman–Crippen MR) is 124 cm³/mol. The summed E-state index contributed by atoms with van der Waals surface area (Å²) in [6.07, 6.45) is 0. The number of nitrogens with one attached hydrogen (secondary N) is 1. The summed E-state index contributed by atoms with van der Waals surface area (Å²) in [4.78, 5) is 14.8. The van der Waals surface area contributed by atoms with Crippen molar-refractivity contribution in [2.75, 3.05) is 19.4 Å². The Morgan fingerprint density at radius 2 is 1.81 bits per heavy atom. The number of hydrogen-bond donors (Lipinski definition) is 1. The van der Waals surface area contributed by atoms with Crippen molar-refractivity contribution in [2.45, 2.75) is 30.3 Å². The van der Waals surface area contributed by atoms with E-state index < -0.39 is 11.1 Å². The molecule has 0 bridgehead atoms. The summed E-state index contributed by atoms with van der Waals surface area (Å²) in [5.74, 6) is -0.0144. The fourth-order valence-corrected chi connectivity index (χ4v) is 3.94. The van der Waals surface area contributed by atoms with Crippen LogP contribution in [-0.4, -0.2) is 44.9 Å². The van der Waals surface area contributed by atoms with Crippen molar-refractivity contribution in [1.82, 2.24) is 19.7 Å². The molecule has 1 aromatic heterocycles. The van der Waals surface area contributed by atoms with Gasteiger partial charge in [0.1, 0.15) is 5.82 Å². The molecule has 3 aromatic rings. The molecule has 1 N–H and O–H groups in total. The summed E-state index contributed by atoms with van der Waals surface area (Å²) in [5, 5.41) is 12.3. The zero-order valence-corrected chi connectivity index (χ0v) is 19.8. The van der Waals surface area contributed by atoms with Crippen molar-refractivity contribution in [3.8, 4) is 5.69 Å². The van der Waals surface area contributed by atoms with E-state index in [0.29, 0.717) is 15.9 Å². The quantitative estimate of drug-likeness (QED) is 0.454. The first-order valence-electron chi connectivity index (χ1n) is 9.47. The van der Waals surface area contributed by atoms with Crippen molar-refractivity contribution in [2.24, 2.45) is 0 Å². The van der Waals surface area contributed by atoms with Crippen LogP contribution in [0.1, 0.15) is 25.7 Å². The molecule has 1 amide bonds. The third-order valence-corrected chi connectivity index (χ3v) is 6.34. The average Bonchev–Trinajstić information content (AvgIpc) is 3.13. The van der Waals surface area contributed by atoms with Crippen LogP contribution in [0.3, 0.4) is 0 Å². The van der Waals surface area contributed by atoms with Crippen molar-refractivity contribution in [3.63, 3.8) is 0 Å². The Labute approximate surface area is 194 Å². The Bertz CT molecular complexity index is 1070. The average molecular weight is 482 g/mol. The molecule has 0 aliphatic rings. The molecular weight excluding hydrogens is 460 g/mol. The first-order valence-corrected chi connectivity index (χ1v) is 11.1. The fraction of sp³-hybridized carbons (Fsp3) is 0.286. The number of aromatic nitrogens is 3. The number of carbonyl (C=O) groups excluding carboxylic acids is 1. The van der Waals surface area contributed by atoms with Crippen LogP contribution < -0.4 is 5.32 Å². The van der Waals surface area contributed by atoms with Gasteiger partial charge in [0, 0.05) is 10.7 Å². The lowest BCUT2D eigenvalue weighted by Crippen LogP contribution is -2.23. The molecule has 0 aliphatic carbocycles. The van der Waals surface area contributed by atoms with Gasteiger partial charge < -0.3 is 5.32 Å². The number of benzene rings is 2. The normalized spacial score (nSPS) is 13.3. The Morgan fingerprint density at radius 3 is 2.42 bits per heavy atom. The van der Waals surface area contributed by atoms with Crippen LogP contribution >= 0.6 is 35.0 Å². The third-order valence-electron chi connectivity index (χ3n) is 4.73. The second-order valence-electron chi connectivity index (χ2n) is 7.17. The summed E-state index contributed by atoms with van der Waals surface area (Å²) in [5.41, 5.74) is 1.19. The molecule has 31 heavy (non-hydrogen) atoms. The highest BCUT2D eigenvalue weighted by atomic mass is 35.5. The van der Waals surface area contributed by atoms with Gasteiger partial charge in [-0.15, -0.1) is 10.2 Å². The van der Waals surface area contributed by atoms with E-state index in [-0.39, 0.29) is 17.0 Å². The standard InChI is InChI=1S/C21H22Cl2FN5OS/c1-12(28(3)4)19-26-27-21(29(19)16-8-5-14(22)6-9-16)31-13(2)20(30)25-18-10-7-15(24)11-17(18)23/h5-13H,1-4H3,(H,25,30). The van der Waals surface area contributed by atoms with Crippen LogP contribution in [0, 0.1) is 5.82 Å². The van der Waals surface area contributed by atoms with Crippen LogP contribution in [0.25, 0.3) is 5.69 Å². The van der Waals surface area contributed by atoms with Crippen molar-refractivity contribution >= 4 is 46.6 Å². The van der Waals surface area contributed by atoms with Gasteiger partial charge in [-0.3, -0.25) is 14.3 Å². The maximum atomic E-state index is 13.3. The predicted octanol–water partition coefficient (Wildman–Crippen LogP) is 5.46. The van der Waals surface area contributed by atoms with Gasteiger partial charge in [0.25, 0.3) is 0 Å². The Balaban J connectivity index is 1.87. The second-order valence-corrected chi connectivity index (χ2v) is 9.32. The van der Waals surface area contributed by atoms with E-state index in [2.05, 4.69) is 15.5 Å². The lowest BCUT2D eigenvalue weighted by atomic mass is 10.2. The number of amides is 1. The molecule has 0 spiro atoms. The maximum absolute atomic E-state index is 13.3. The summed E-state index contributed by atoms with van der Waals surface area (Å²) >= 11 is 13.3. The zero-order chi connectivity index (χ0) is 22.7. The van der Waals surface area contributed by atoms with Crippen LogP contribution in [0.4, 0.5) is 10.1 Å². The molecule has 0 saturated carbocycles. The Morgan fingerprint density at radius 1 is 1.13 bits per heavy atom. The summed E-state index contributed by atoms with van der Waals surface area (Å²) < 4.78 is 15.2. The van der Waals surface area contributed by atoms with Crippen LogP contribution in [0.5, 0.6) is 0 Å². The van der Waals surface area contributed by atoms with Gasteiger partial charge in [-0.1, -0.05) is 35.0 Å². The minimum absolute atomic E-state index is 0.0142. The minimum atomic E-state index is -0.515. The highest BCUT2D eigenvalue weighted by Crippen LogP contribution is 2.31. The van der Waals surface area contributed by atoms with Gasteiger partial charge in [0.2, 0.25) is 5.91 Å². The third kappa shape index (κ3) is 5.57. The van der Waals surface area contributed by atoms with Crippen molar-refractivity contribution < 1.29 is 9.18 Å². The van der Waals surface area contributed by atoms with Crippen LogP contribution in [-0.2, 0) is 4.79 Å². The molecule has 0 radical (unpaired) electrons. The number of rotatable bonds is 7. The molecule has 2 aromatic carbocycles. The number of nitrogens with zero attached hydrogens (tertiary/aromatic N) is 4. The van der Waals surface area contributed by atoms with Crippen LogP contribution in [0.2, 0.25) is 10.0 Å². The maximum Gasteiger partial charge on any atom is 0.237 e. The summed E-state index contributed by atoms with van der Waals surface area (Å²) in [6, 6.07) is 11.2. The number of thioether (sulfide) groups is 1. The molecule has 164 valence electrons. The lowest BCUT2D eigenvalue weighted by molar-refractivity contribution is -0.115.